The Morgan fingerprint density at radius 3 is 2.08 bits per heavy atom. The first-order valence-electron chi connectivity index (χ1n) is 9.65. The van der Waals surface area contributed by atoms with Crippen molar-refractivity contribution in [1.82, 2.24) is 5.32 Å². The zero-order valence-corrected chi connectivity index (χ0v) is 15.2. The van der Waals surface area contributed by atoms with Crippen molar-refractivity contribution in [3.05, 3.63) is 29.3 Å². The van der Waals surface area contributed by atoms with Gasteiger partial charge in [-0.25, -0.2) is 0 Å². The Morgan fingerprint density at radius 1 is 0.960 bits per heavy atom. The van der Waals surface area contributed by atoms with Crippen molar-refractivity contribution in [3.8, 4) is 0 Å². The van der Waals surface area contributed by atoms with E-state index in [1.807, 2.05) is 32.0 Å². The lowest BCUT2D eigenvalue weighted by Crippen LogP contribution is -2.51. The molecule has 0 radical (unpaired) electrons. The van der Waals surface area contributed by atoms with Gasteiger partial charge in [0.05, 0.1) is 6.54 Å². The summed E-state index contributed by atoms with van der Waals surface area (Å²) in [7, 11) is 0. The molecule has 1 aromatic carbocycles. The number of nitrogens with one attached hydrogen (secondary N) is 2. The van der Waals surface area contributed by atoms with E-state index in [0.717, 1.165) is 28.7 Å². The molecule has 4 nitrogen and oxygen atoms in total. The second-order valence-electron chi connectivity index (χ2n) is 8.49. The van der Waals surface area contributed by atoms with Crippen LogP contribution in [-0.2, 0) is 9.59 Å². The number of benzene rings is 1. The molecule has 0 aromatic heterocycles. The summed E-state index contributed by atoms with van der Waals surface area (Å²) < 4.78 is 0. The summed E-state index contributed by atoms with van der Waals surface area (Å²) in [6.07, 6.45) is 6.28. The first-order chi connectivity index (χ1) is 12.0. The number of amides is 2. The predicted octanol–water partition coefficient (Wildman–Crippen LogP) is 3.43. The molecule has 4 bridgehead atoms. The maximum absolute atomic E-state index is 12.7. The van der Waals surface area contributed by atoms with Crippen molar-refractivity contribution in [2.75, 3.05) is 11.9 Å². The van der Waals surface area contributed by atoms with Crippen molar-refractivity contribution in [2.45, 2.75) is 46.0 Å². The minimum Gasteiger partial charge on any atom is -0.347 e. The van der Waals surface area contributed by atoms with E-state index >= 15 is 0 Å². The molecule has 5 rings (SSSR count). The van der Waals surface area contributed by atoms with E-state index in [2.05, 4.69) is 10.6 Å². The molecule has 0 spiro atoms. The van der Waals surface area contributed by atoms with Gasteiger partial charge in [-0.15, -0.1) is 0 Å². The molecule has 4 saturated carbocycles. The van der Waals surface area contributed by atoms with Crippen LogP contribution >= 0.6 is 0 Å². The lowest BCUT2D eigenvalue weighted by Gasteiger charge is -2.53. The molecule has 0 saturated heterocycles. The normalized spacial score (nSPS) is 32.5. The molecule has 2 N–H and O–H groups in total. The lowest BCUT2D eigenvalue weighted by atomic mass is 9.51. The number of aryl methyl sites for hydroxylation is 2. The summed E-state index contributed by atoms with van der Waals surface area (Å²) in [5, 5.41) is 5.87. The van der Waals surface area contributed by atoms with Crippen molar-refractivity contribution >= 4 is 17.5 Å². The van der Waals surface area contributed by atoms with Gasteiger partial charge in [0, 0.05) is 11.6 Å². The molecule has 4 aliphatic carbocycles. The molecule has 25 heavy (non-hydrogen) atoms. The van der Waals surface area contributed by atoms with Crippen molar-refractivity contribution < 1.29 is 9.59 Å². The number of carbonyl (C=O) groups is 2. The Hall–Kier alpha value is -1.84. The van der Waals surface area contributed by atoms with Gasteiger partial charge in [-0.05, 0) is 80.8 Å². The second-order valence-corrected chi connectivity index (χ2v) is 8.49. The van der Waals surface area contributed by atoms with Gasteiger partial charge in [0.1, 0.15) is 0 Å². The maximum atomic E-state index is 12.7. The summed E-state index contributed by atoms with van der Waals surface area (Å²) in [5.74, 6) is 2.93. The third-order valence-electron chi connectivity index (χ3n) is 6.70. The molecular weight excluding hydrogens is 312 g/mol. The summed E-state index contributed by atoms with van der Waals surface area (Å²) in [6, 6.07) is 5.94. The first-order valence-corrected chi connectivity index (χ1v) is 9.65. The van der Waals surface area contributed by atoms with Crippen LogP contribution in [0.3, 0.4) is 0 Å². The highest BCUT2D eigenvalue weighted by atomic mass is 16.2. The minimum absolute atomic E-state index is 0.0649. The number of hydrogen-bond donors (Lipinski definition) is 2. The molecule has 134 valence electrons. The zero-order valence-electron chi connectivity index (χ0n) is 15.2. The molecule has 2 amide bonds. The van der Waals surface area contributed by atoms with Crippen LogP contribution in [0.1, 0.15) is 43.2 Å². The van der Waals surface area contributed by atoms with E-state index in [0.29, 0.717) is 11.8 Å². The average Bonchev–Trinajstić information content (AvgIpc) is 2.55. The van der Waals surface area contributed by atoms with Gasteiger partial charge >= 0.3 is 0 Å². The second kappa shape index (κ2) is 6.47. The Bertz CT molecular complexity index is 649. The number of rotatable bonds is 4. The molecule has 4 heteroatoms. The maximum Gasteiger partial charge on any atom is 0.243 e. The quantitative estimate of drug-likeness (QED) is 0.882. The van der Waals surface area contributed by atoms with Gasteiger partial charge < -0.3 is 10.6 Å². The van der Waals surface area contributed by atoms with Crippen LogP contribution < -0.4 is 10.6 Å². The van der Waals surface area contributed by atoms with Crippen LogP contribution in [0.2, 0.25) is 0 Å². The summed E-state index contributed by atoms with van der Waals surface area (Å²) in [6.45, 7) is 4.03. The molecular formula is C21H28N2O2. The van der Waals surface area contributed by atoms with Crippen molar-refractivity contribution in [3.63, 3.8) is 0 Å². The fraction of sp³-hybridized carbons (Fsp3) is 0.619. The molecule has 0 atom stereocenters. The Labute approximate surface area is 149 Å². The largest absolute Gasteiger partial charge is 0.347 e. The summed E-state index contributed by atoms with van der Waals surface area (Å²) in [5.41, 5.74) is 2.94. The highest BCUT2D eigenvalue weighted by Gasteiger charge is 2.50. The minimum atomic E-state index is -0.144. The van der Waals surface area contributed by atoms with E-state index in [4.69, 9.17) is 0 Å². The lowest BCUT2D eigenvalue weighted by molar-refractivity contribution is -0.139. The third kappa shape index (κ3) is 3.19. The van der Waals surface area contributed by atoms with Gasteiger partial charge in [-0.3, -0.25) is 9.59 Å². The Morgan fingerprint density at radius 2 is 1.52 bits per heavy atom. The van der Waals surface area contributed by atoms with Crippen molar-refractivity contribution in [1.29, 1.82) is 0 Å². The predicted molar refractivity (Wildman–Crippen MR) is 98.1 cm³/mol. The van der Waals surface area contributed by atoms with Crippen LogP contribution in [0.15, 0.2) is 18.2 Å². The number of anilines is 1. The molecule has 1 aromatic rings. The fourth-order valence-corrected chi connectivity index (χ4v) is 5.83. The fourth-order valence-electron chi connectivity index (χ4n) is 5.83. The third-order valence-corrected chi connectivity index (χ3v) is 6.70. The van der Waals surface area contributed by atoms with Crippen LogP contribution in [0, 0.1) is 43.4 Å². The number of hydrogen-bond acceptors (Lipinski definition) is 2. The number of carbonyl (C=O) groups excluding carboxylic acids is 2. The van der Waals surface area contributed by atoms with Gasteiger partial charge in [0.2, 0.25) is 11.8 Å². The highest BCUT2D eigenvalue weighted by molar-refractivity contribution is 5.96. The molecule has 0 unspecified atom stereocenters. The zero-order chi connectivity index (χ0) is 17.6. The summed E-state index contributed by atoms with van der Waals surface area (Å²) >= 11 is 0. The van der Waals surface area contributed by atoms with E-state index in [1.165, 1.54) is 32.1 Å². The van der Waals surface area contributed by atoms with Gasteiger partial charge in [0.15, 0.2) is 0 Å². The standard InChI is InChI=1S/C21H28N2O2/c1-12-4-3-5-13(2)20(12)23-18(24)11-22-21(25)19-16-7-14-6-15(9-16)10-17(19)8-14/h3-5,14-17,19H,6-11H2,1-2H3,(H,22,25)(H,23,24). The van der Waals surface area contributed by atoms with Gasteiger partial charge in [-0.2, -0.15) is 0 Å². The molecule has 0 aliphatic heterocycles. The van der Waals surface area contributed by atoms with Crippen LogP contribution in [-0.4, -0.2) is 18.4 Å². The topological polar surface area (TPSA) is 58.2 Å². The Balaban J connectivity index is 1.34. The highest BCUT2D eigenvalue weighted by Crippen LogP contribution is 2.56. The van der Waals surface area contributed by atoms with E-state index in [-0.39, 0.29) is 24.3 Å². The average molecular weight is 340 g/mol. The van der Waals surface area contributed by atoms with E-state index < -0.39 is 0 Å². The smallest absolute Gasteiger partial charge is 0.243 e. The first kappa shape index (κ1) is 16.6. The van der Waals surface area contributed by atoms with Crippen molar-refractivity contribution in [2.24, 2.45) is 29.6 Å². The van der Waals surface area contributed by atoms with Crippen LogP contribution in [0.25, 0.3) is 0 Å². The van der Waals surface area contributed by atoms with Crippen LogP contribution in [0.5, 0.6) is 0 Å². The molecule has 4 fully saturated rings. The number of para-hydroxylation sites is 1. The monoisotopic (exact) mass is 340 g/mol. The SMILES string of the molecule is Cc1cccc(C)c1NC(=O)CNC(=O)C1C2CC3CC(C2)CC1C3. The Kier molecular flexibility index (Phi) is 4.30. The molecule has 0 heterocycles. The van der Waals surface area contributed by atoms with Gasteiger partial charge in [0.25, 0.3) is 0 Å². The van der Waals surface area contributed by atoms with E-state index in [1.54, 1.807) is 0 Å². The van der Waals surface area contributed by atoms with Crippen LogP contribution in [0.4, 0.5) is 5.69 Å². The van der Waals surface area contributed by atoms with E-state index in [9.17, 15) is 9.59 Å². The summed E-state index contributed by atoms with van der Waals surface area (Å²) in [4.78, 5) is 25.0. The van der Waals surface area contributed by atoms with Gasteiger partial charge in [-0.1, -0.05) is 18.2 Å². The molecule has 4 aliphatic rings.